The molecule has 2 N–H and O–H groups in total. The first-order valence-corrected chi connectivity index (χ1v) is 7.49. The number of hydrogen-bond acceptors (Lipinski definition) is 3. The lowest BCUT2D eigenvalue weighted by atomic mass is 10.1. The number of benzene rings is 1. The number of carbonyl (C=O) groups is 2. The number of anilines is 1. The number of carbonyl (C=O) groups excluding carboxylic acids is 2. The lowest BCUT2D eigenvalue weighted by Gasteiger charge is -2.16. The summed E-state index contributed by atoms with van der Waals surface area (Å²) in [6.07, 6.45) is 7.00. The summed E-state index contributed by atoms with van der Waals surface area (Å²) in [6, 6.07) is 6.83. The van der Waals surface area contributed by atoms with E-state index in [1.54, 1.807) is 24.3 Å². The van der Waals surface area contributed by atoms with E-state index >= 15 is 0 Å². The van der Waals surface area contributed by atoms with Crippen LogP contribution in [0.25, 0.3) is 0 Å². The van der Waals surface area contributed by atoms with E-state index in [1.165, 1.54) is 32.6 Å². The molecule has 1 aliphatic carbocycles. The van der Waals surface area contributed by atoms with Gasteiger partial charge >= 0.3 is 12.0 Å². The summed E-state index contributed by atoms with van der Waals surface area (Å²) < 4.78 is 4.94. The van der Waals surface area contributed by atoms with Gasteiger partial charge in [-0.2, -0.15) is 0 Å². The molecule has 114 valence electrons. The Labute approximate surface area is 125 Å². The summed E-state index contributed by atoms with van der Waals surface area (Å²) in [5.41, 5.74) is 0.678. The second-order valence-corrected chi connectivity index (χ2v) is 5.40. The van der Waals surface area contributed by atoms with Gasteiger partial charge in [-0.3, -0.25) is 4.79 Å². The summed E-state index contributed by atoms with van der Waals surface area (Å²) in [4.78, 5) is 22.8. The Hall–Kier alpha value is -2.04. The Morgan fingerprint density at radius 3 is 2.24 bits per heavy atom. The lowest BCUT2D eigenvalue weighted by Crippen LogP contribution is -2.37. The average Bonchev–Trinajstić information content (AvgIpc) is 2.69. The van der Waals surface area contributed by atoms with Crippen molar-refractivity contribution in [1.82, 2.24) is 5.32 Å². The molecule has 1 aliphatic rings. The Morgan fingerprint density at radius 1 is 1.05 bits per heavy atom. The van der Waals surface area contributed by atoms with E-state index in [9.17, 15) is 9.59 Å². The highest BCUT2D eigenvalue weighted by molar-refractivity contribution is 5.89. The highest BCUT2D eigenvalue weighted by Crippen LogP contribution is 2.18. The van der Waals surface area contributed by atoms with Gasteiger partial charge in [0.05, 0.1) is 0 Å². The van der Waals surface area contributed by atoms with Crippen molar-refractivity contribution < 1.29 is 14.3 Å². The zero-order valence-electron chi connectivity index (χ0n) is 12.4. The predicted octanol–water partition coefficient (Wildman–Crippen LogP) is 3.46. The normalized spacial score (nSPS) is 15.9. The Kier molecular flexibility index (Phi) is 5.60. The van der Waals surface area contributed by atoms with Crippen molar-refractivity contribution in [2.75, 3.05) is 5.32 Å². The van der Waals surface area contributed by atoms with Crippen LogP contribution in [-0.2, 0) is 4.79 Å². The maximum Gasteiger partial charge on any atom is 0.319 e. The third-order valence-electron chi connectivity index (χ3n) is 3.56. The number of ether oxygens (including phenoxy) is 1. The number of urea groups is 1. The van der Waals surface area contributed by atoms with Crippen molar-refractivity contribution in [1.29, 1.82) is 0 Å². The van der Waals surface area contributed by atoms with Gasteiger partial charge in [-0.15, -0.1) is 0 Å². The SMILES string of the molecule is CC(=O)Oc1ccc(NC(=O)NC2CCCCCC2)cc1. The van der Waals surface area contributed by atoms with Crippen molar-refractivity contribution in [2.24, 2.45) is 0 Å². The maximum atomic E-state index is 11.9. The van der Waals surface area contributed by atoms with E-state index in [-0.39, 0.29) is 18.0 Å². The van der Waals surface area contributed by atoms with Gasteiger partial charge in [-0.1, -0.05) is 25.7 Å². The molecule has 0 radical (unpaired) electrons. The Balaban J connectivity index is 1.82. The largest absolute Gasteiger partial charge is 0.427 e. The number of amides is 2. The third kappa shape index (κ3) is 5.45. The van der Waals surface area contributed by atoms with Gasteiger partial charge in [0.1, 0.15) is 5.75 Å². The van der Waals surface area contributed by atoms with Crippen LogP contribution in [0, 0.1) is 0 Å². The van der Waals surface area contributed by atoms with Gasteiger partial charge in [0.2, 0.25) is 0 Å². The van der Waals surface area contributed by atoms with Gasteiger partial charge < -0.3 is 15.4 Å². The number of hydrogen-bond donors (Lipinski definition) is 2. The first-order valence-electron chi connectivity index (χ1n) is 7.49. The number of rotatable bonds is 3. The molecule has 0 aliphatic heterocycles. The molecule has 0 saturated heterocycles. The van der Waals surface area contributed by atoms with Crippen LogP contribution < -0.4 is 15.4 Å². The highest BCUT2D eigenvalue weighted by Gasteiger charge is 2.14. The first-order chi connectivity index (χ1) is 10.1. The van der Waals surface area contributed by atoms with Crippen LogP contribution in [0.15, 0.2) is 24.3 Å². The number of nitrogens with one attached hydrogen (secondary N) is 2. The Morgan fingerprint density at radius 2 is 1.67 bits per heavy atom. The molecule has 1 fully saturated rings. The molecule has 5 nitrogen and oxygen atoms in total. The van der Waals surface area contributed by atoms with Gasteiger partial charge in [-0.05, 0) is 37.1 Å². The van der Waals surface area contributed by atoms with Crippen molar-refractivity contribution >= 4 is 17.7 Å². The summed E-state index contributed by atoms with van der Waals surface area (Å²) >= 11 is 0. The topological polar surface area (TPSA) is 67.4 Å². The minimum absolute atomic E-state index is 0.179. The zero-order valence-corrected chi connectivity index (χ0v) is 12.4. The van der Waals surface area contributed by atoms with Crippen molar-refractivity contribution in [3.8, 4) is 5.75 Å². The van der Waals surface area contributed by atoms with Crippen LogP contribution in [0.5, 0.6) is 5.75 Å². The predicted molar refractivity (Wildman–Crippen MR) is 81.4 cm³/mol. The quantitative estimate of drug-likeness (QED) is 0.509. The fraction of sp³-hybridized carbons (Fsp3) is 0.500. The molecule has 0 heterocycles. The smallest absolute Gasteiger partial charge is 0.319 e. The molecule has 0 bridgehead atoms. The summed E-state index contributed by atoms with van der Waals surface area (Å²) in [6.45, 7) is 1.35. The summed E-state index contributed by atoms with van der Waals surface area (Å²) in [5, 5.41) is 5.82. The van der Waals surface area contributed by atoms with Gasteiger partial charge in [0.25, 0.3) is 0 Å². The molecule has 21 heavy (non-hydrogen) atoms. The molecule has 5 heteroatoms. The highest BCUT2D eigenvalue weighted by atomic mass is 16.5. The van der Waals surface area contributed by atoms with Gasteiger partial charge in [0.15, 0.2) is 0 Å². The molecule has 0 atom stereocenters. The monoisotopic (exact) mass is 290 g/mol. The number of esters is 1. The summed E-state index contributed by atoms with van der Waals surface area (Å²) in [5.74, 6) is 0.110. The van der Waals surface area contributed by atoms with Crippen LogP contribution in [0.1, 0.15) is 45.4 Å². The second kappa shape index (κ2) is 7.67. The van der Waals surface area contributed by atoms with Crippen LogP contribution in [0.2, 0.25) is 0 Å². The van der Waals surface area contributed by atoms with E-state index in [0.717, 1.165) is 12.8 Å². The van der Waals surface area contributed by atoms with Crippen molar-refractivity contribution in [2.45, 2.75) is 51.5 Å². The molecule has 0 aromatic heterocycles. The van der Waals surface area contributed by atoms with E-state index in [2.05, 4.69) is 10.6 Å². The van der Waals surface area contributed by atoms with Gasteiger partial charge in [0, 0.05) is 18.7 Å². The fourth-order valence-corrected chi connectivity index (χ4v) is 2.55. The molecular formula is C16H22N2O3. The first kappa shape index (κ1) is 15.4. The molecule has 0 spiro atoms. The van der Waals surface area contributed by atoms with Crippen LogP contribution in [-0.4, -0.2) is 18.0 Å². The lowest BCUT2D eigenvalue weighted by molar-refractivity contribution is -0.131. The zero-order chi connectivity index (χ0) is 15.1. The molecule has 1 aromatic carbocycles. The minimum Gasteiger partial charge on any atom is -0.427 e. The summed E-state index contributed by atoms with van der Waals surface area (Å²) in [7, 11) is 0. The van der Waals surface area contributed by atoms with E-state index in [4.69, 9.17) is 4.74 Å². The molecule has 2 rings (SSSR count). The van der Waals surface area contributed by atoms with Crippen molar-refractivity contribution in [3.05, 3.63) is 24.3 Å². The Bertz CT molecular complexity index is 477. The molecule has 0 unspecified atom stereocenters. The molecule has 1 saturated carbocycles. The standard InChI is InChI=1S/C16H22N2O3/c1-12(19)21-15-10-8-14(9-11-15)18-16(20)17-13-6-4-2-3-5-7-13/h8-11,13H,2-7H2,1H3,(H2,17,18,20). The molecular weight excluding hydrogens is 268 g/mol. The molecule has 2 amide bonds. The minimum atomic E-state index is -0.359. The maximum absolute atomic E-state index is 11.9. The molecule has 1 aromatic rings. The van der Waals surface area contributed by atoms with E-state index in [0.29, 0.717) is 11.4 Å². The van der Waals surface area contributed by atoms with E-state index in [1.807, 2.05) is 0 Å². The van der Waals surface area contributed by atoms with Crippen LogP contribution in [0.4, 0.5) is 10.5 Å². The van der Waals surface area contributed by atoms with Crippen molar-refractivity contribution in [3.63, 3.8) is 0 Å². The van der Waals surface area contributed by atoms with Crippen LogP contribution >= 0.6 is 0 Å². The van der Waals surface area contributed by atoms with E-state index < -0.39 is 0 Å². The average molecular weight is 290 g/mol. The fourth-order valence-electron chi connectivity index (χ4n) is 2.55. The van der Waals surface area contributed by atoms with Gasteiger partial charge in [-0.25, -0.2) is 4.79 Å². The third-order valence-corrected chi connectivity index (χ3v) is 3.56. The second-order valence-electron chi connectivity index (χ2n) is 5.40. The van der Waals surface area contributed by atoms with Crippen LogP contribution in [0.3, 0.4) is 0 Å².